The molecule has 1 fully saturated rings. The van der Waals surface area contributed by atoms with Crippen LogP contribution in [0.2, 0.25) is 5.02 Å². The third-order valence-corrected chi connectivity index (χ3v) is 7.66. The van der Waals surface area contributed by atoms with Crippen LogP contribution >= 0.6 is 11.6 Å². The standard InChI is InChI=1S/C24H29ClN8O3S/c1-16(34)11-27-12-17-3-4-22(21(25)9-17)33-15-19(14-29-33)23-18(10-26)13-28-24(31-23)30-20-5-7-32(8-6-20)37(2,35)36/h3-4,9,13-16,20,27,34H,5-8,11-12H2,1-2H3,(H,28,30,31)/t16-/m0/s1. The first kappa shape index (κ1) is 27.0. The Morgan fingerprint density at radius 1 is 1.30 bits per heavy atom. The molecule has 3 aromatic rings. The van der Waals surface area contributed by atoms with Crippen molar-refractivity contribution in [3.63, 3.8) is 0 Å². The van der Waals surface area contributed by atoms with Crippen molar-refractivity contribution in [2.75, 3.05) is 31.2 Å². The van der Waals surface area contributed by atoms with Crippen LogP contribution in [0, 0.1) is 11.3 Å². The quantitative estimate of drug-likeness (QED) is 0.368. The Hall–Kier alpha value is -3.08. The number of nitriles is 1. The maximum atomic E-state index is 11.8. The first-order chi connectivity index (χ1) is 17.6. The zero-order chi connectivity index (χ0) is 26.6. The zero-order valence-corrected chi connectivity index (χ0v) is 22.2. The summed E-state index contributed by atoms with van der Waals surface area (Å²) in [7, 11) is -3.20. The van der Waals surface area contributed by atoms with Gasteiger partial charge in [0.2, 0.25) is 16.0 Å². The molecule has 4 rings (SSSR count). The van der Waals surface area contributed by atoms with Crippen LogP contribution in [0.25, 0.3) is 16.9 Å². The zero-order valence-electron chi connectivity index (χ0n) is 20.6. The lowest BCUT2D eigenvalue weighted by Gasteiger charge is -2.30. The van der Waals surface area contributed by atoms with Gasteiger partial charge in [-0.05, 0) is 37.5 Å². The van der Waals surface area contributed by atoms with Gasteiger partial charge in [-0.1, -0.05) is 17.7 Å². The Bertz CT molecular complexity index is 1400. The second-order valence-corrected chi connectivity index (χ2v) is 11.5. The third-order valence-electron chi connectivity index (χ3n) is 6.05. The molecule has 0 spiro atoms. The second kappa shape index (κ2) is 11.5. The highest BCUT2D eigenvalue weighted by Crippen LogP contribution is 2.27. The van der Waals surface area contributed by atoms with Crippen molar-refractivity contribution in [2.45, 2.75) is 38.5 Å². The van der Waals surface area contributed by atoms with Crippen LogP contribution < -0.4 is 10.6 Å². The van der Waals surface area contributed by atoms with Gasteiger partial charge < -0.3 is 15.7 Å². The fourth-order valence-corrected chi connectivity index (χ4v) is 5.28. The molecule has 37 heavy (non-hydrogen) atoms. The second-order valence-electron chi connectivity index (χ2n) is 9.09. The minimum atomic E-state index is -3.20. The summed E-state index contributed by atoms with van der Waals surface area (Å²) >= 11 is 6.52. The van der Waals surface area contributed by atoms with Crippen molar-refractivity contribution >= 4 is 27.6 Å². The van der Waals surface area contributed by atoms with Crippen LogP contribution in [0.4, 0.5) is 5.95 Å². The number of nitrogens with zero attached hydrogens (tertiary/aromatic N) is 6. The molecular formula is C24H29ClN8O3S. The first-order valence-electron chi connectivity index (χ1n) is 11.9. The topological polar surface area (TPSA) is 149 Å². The SMILES string of the molecule is C[C@H](O)CNCc1ccc(-n2cc(-c3nc(NC4CCN(S(C)(=O)=O)CC4)ncc3C#N)cn2)c(Cl)c1. The number of anilines is 1. The lowest BCUT2D eigenvalue weighted by molar-refractivity contribution is 0.191. The lowest BCUT2D eigenvalue weighted by Crippen LogP contribution is -2.42. The molecule has 0 unspecified atom stereocenters. The molecule has 3 heterocycles. The van der Waals surface area contributed by atoms with Gasteiger partial charge >= 0.3 is 0 Å². The summed E-state index contributed by atoms with van der Waals surface area (Å²) in [6.45, 7) is 3.64. The Morgan fingerprint density at radius 2 is 2.05 bits per heavy atom. The minimum absolute atomic E-state index is 0.0221. The highest BCUT2D eigenvalue weighted by Gasteiger charge is 2.25. The average molecular weight is 545 g/mol. The number of aliphatic hydroxyl groups excluding tert-OH is 1. The number of hydrogen-bond donors (Lipinski definition) is 3. The molecule has 1 aliphatic rings. The van der Waals surface area contributed by atoms with Crippen molar-refractivity contribution < 1.29 is 13.5 Å². The third kappa shape index (κ3) is 6.82. The van der Waals surface area contributed by atoms with Crippen molar-refractivity contribution in [1.29, 1.82) is 5.26 Å². The van der Waals surface area contributed by atoms with E-state index in [-0.39, 0.29) is 6.04 Å². The van der Waals surface area contributed by atoms with Crippen LogP contribution in [0.15, 0.2) is 36.8 Å². The number of piperidine rings is 1. The van der Waals surface area contributed by atoms with Crippen molar-refractivity contribution in [3.05, 3.63) is 52.9 Å². The van der Waals surface area contributed by atoms with E-state index in [1.54, 1.807) is 24.0 Å². The molecule has 1 aromatic carbocycles. The molecular weight excluding hydrogens is 516 g/mol. The Morgan fingerprint density at radius 3 is 2.70 bits per heavy atom. The number of benzene rings is 1. The van der Waals surface area contributed by atoms with E-state index < -0.39 is 16.1 Å². The molecule has 196 valence electrons. The van der Waals surface area contributed by atoms with E-state index in [1.807, 2.05) is 18.2 Å². The van der Waals surface area contributed by atoms with Gasteiger partial charge in [-0.25, -0.2) is 27.4 Å². The minimum Gasteiger partial charge on any atom is -0.392 e. The van der Waals surface area contributed by atoms with E-state index >= 15 is 0 Å². The Labute approximate surface area is 221 Å². The molecule has 0 amide bonds. The average Bonchev–Trinajstić information content (AvgIpc) is 3.33. The molecule has 0 bridgehead atoms. The molecule has 0 saturated carbocycles. The monoisotopic (exact) mass is 544 g/mol. The van der Waals surface area contributed by atoms with E-state index in [2.05, 4.69) is 31.8 Å². The summed E-state index contributed by atoms with van der Waals surface area (Å²) in [4.78, 5) is 8.85. The van der Waals surface area contributed by atoms with Gasteiger partial charge in [0.1, 0.15) is 6.07 Å². The van der Waals surface area contributed by atoms with E-state index in [0.717, 1.165) is 5.56 Å². The van der Waals surface area contributed by atoms with Gasteiger partial charge in [0.15, 0.2) is 0 Å². The number of nitrogens with one attached hydrogen (secondary N) is 2. The van der Waals surface area contributed by atoms with Crippen LogP contribution in [-0.2, 0) is 16.6 Å². The van der Waals surface area contributed by atoms with Crippen molar-refractivity contribution in [2.24, 2.45) is 0 Å². The molecule has 1 aliphatic heterocycles. The van der Waals surface area contributed by atoms with Gasteiger partial charge in [0.25, 0.3) is 0 Å². The van der Waals surface area contributed by atoms with Crippen molar-refractivity contribution in [1.82, 2.24) is 29.4 Å². The predicted octanol–water partition coefficient (Wildman–Crippen LogP) is 2.16. The van der Waals surface area contributed by atoms with Gasteiger partial charge in [0, 0.05) is 44.0 Å². The first-order valence-corrected chi connectivity index (χ1v) is 14.1. The van der Waals surface area contributed by atoms with E-state index in [4.69, 9.17) is 11.6 Å². The summed E-state index contributed by atoms with van der Waals surface area (Å²) in [6, 6.07) is 7.79. The van der Waals surface area contributed by atoms with Crippen LogP contribution in [0.3, 0.4) is 0 Å². The largest absolute Gasteiger partial charge is 0.392 e. The highest BCUT2D eigenvalue weighted by molar-refractivity contribution is 7.88. The fraction of sp³-hybridized carbons (Fsp3) is 0.417. The predicted molar refractivity (Wildman–Crippen MR) is 141 cm³/mol. The molecule has 0 aliphatic carbocycles. The van der Waals surface area contributed by atoms with Crippen LogP contribution in [-0.4, -0.2) is 75.6 Å². The molecule has 0 radical (unpaired) electrons. The molecule has 1 saturated heterocycles. The molecule has 13 heteroatoms. The summed E-state index contributed by atoms with van der Waals surface area (Å²) in [5, 5.41) is 30.4. The van der Waals surface area contributed by atoms with Crippen molar-refractivity contribution in [3.8, 4) is 23.0 Å². The molecule has 1 atom stereocenters. The number of aliphatic hydroxyl groups is 1. The summed E-state index contributed by atoms with van der Waals surface area (Å²) in [5.74, 6) is 0.367. The smallest absolute Gasteiger partial charge is 0.223 e. The maximum absolute atomic E-state index is 11.8. The summed E-state index contributed by atoms with van der Waals surface area (Å²) in [5.41, 5.74) is 3.03. The molecule has 2 aromatic heterocycles. The summed E-state index contributed by atoms with van der Waals surface area (Å²) < 4.78 is 26.6. The molecule has 11 nitrogen and oxygen atoms in total. The van der Waals surface area contributed by atoms with Gasteiger partial charge in [-0.2, -0.15) is 10.4 Å². The van der Waals surface area contributed by atoms with Gasteiger partial charge in [-0.15, -0.1) is 0 Å². The normalized spacial score (nSPS) is 15.9. The van der Waals surface area contributed by atoms with Crippen LogP contribution in [0.1, 0.15) is 30.9 Å². The number of rotatable bonds is 9. The summed E-state index contributed by atoms with van der Waals surface area (Å²) in [6.07, 6.45) is 6.89. The Balaban J connectivity index is 1.49. The maximum Gasteiger partial charge on any atom is 0.223 e. The highest BCUT2D eigenvalue weighted by atomic mass is 35.5. The van der Waals surface area contributed by atoms with E-state index in [0.29, 0.717) is 72.5 Å². The Kier molecular flexibility index (Phi) is 8.41. The number of halogens is 1. The number of hydrogen-bond acceptors (Lipinski definition) is 9. The van der Waals surface area contributed by atoms with Crippen LogP contribution in [0.5, 0.6) is 0 Å². The van der Waals surface area contributed by atoms with E-state index in [9.17, 15) is 18.8 Å². The number of aromatic nitrogens is 4. The van der Waals surface area contributed by atoms with E-state index in [1.165, 1.54) is 16.8 Å². The molecule has 3 N–H and O–H groups in total. The fourth-order valence-electron chi connectivity index (χ4n) is 4.12. The lowest BCUT2D eigenvalue weighted by atomic mass is 10.1. The van der Waals surface area contributed by atoms with Gasteiger partial charge in [0.05, 0.1) is 46.7 Å². The number of sulfonamides is 1. The van der Waals surface area contributed by atoms with Gasteiger partial charge in [-0.3, -0.25) is 0 Å².